The lowest BCUT2D eigenvalue weighted by atomic mass is 10.0. The summed E-state index contributed by atoms with van der Waals surface area (Å²) in [4.78, 5) is 45.9. The van der Waals surface area contributed by atoms with E-state index in [4.69, 9.17) is 4.74 Å². The molecule has 0 radical (unpaired) electrons. The number of aromatic nitrogens is 3. The molecule has 7 nitrogen and oxygen atoms in total. The van der Waals surface area contributed by atoms with Gasteiger partial charge in [0.25, 0.3) is 0 Å². The number of hydrogen-bond acceptors (Lipinski definition) is 5. The van der Waals surface area contributed by atoms with E-state index in [-0.39, 0.29) is 33.9 Å². The molecule has 0 amide bonds. The Balaban J connectivity index is 1.71. The SMILES string of the molecule is COc1cc(C(=O)c2cnc(-c3cc4ccccc4[nH]3)[nH]2)cc(C=O)c1C=O. The number of H-pyrrole nitrogens is 2. The third-order valence-corrected chi connectivity index (χ3v) is 4.51. The normalized spacial score (nSPS) is 10.8. The number of ketones is 1. The number of nitrogens with one attached hydrogen (secondary N) is 2. The second kappa shape index (κ2) is 6.96. The van der Waals surface area contributed by atoms with Gasteiger partial charge in [0.15, 0.2) is 18.4 Å². The van der Waals surface area contributed by atoms with Gasteiger partial charge >= 0.3 is 0 Å². The van der Waals surface area contributed by atoms with E-state index in [1.165, 1.54) is 25.4 Å². The van der Waals surface area contributed by atoms with Crippen molar-refractivity contribution in [3.05, 3.63) is 71.0 Å². The van der Waals surface area contributed by atoms with Crippen LogP contribution in [0.3, 0.4) is 0 Å². The fraction of sp³-hybridized carbons (Fsp3) is 0.0476. The molecule has 0 aliphatic carbocycles. The zero-order valence-electron chi connectivity index (χ0n) is 14.9. The van der Waals surface area contributed by atoms with Gasteiger partial charge in [0.2, 0.25) is 5.78 Å². The van der Waals surface area contributed by atoms with Crippen LogP contribution < -0.4 is 4.74 Å². The maximum Gasteiger partial charge on any atom is 0.210 e. The molecule has 0 saturated carbocycles. The number of para-hydroxylation sites is 1. The summed E-state index contributed by atoms with van der Waals surface area (Å²) < 4.78 is 5.14. The smallest absolute Gasteiger partial charge is 0.210 e. The summed E-state index contributed by atoms with van der Waals surface area (Å²) in [6.45, 7) is 0. The van der Waals surface area contributed by atoms with E-state index in [9.17, 15) is 14.4 Å². The lowest BCUT2D eigenvalue weighted by molar-refractivity contribution is 0.103. The Morgan fingerprint density at radius 1 is 1.07 bits per heavy atom. The van der Waals surface area contributed by atoms with Crippen molar-refractivity contribution in [1.82, 2.24) is 15.0 Å². The summed E-state index contributed by atoms with van der Waals surface area (Å²) in [7, 11) is 1.37. The van der Waals surface area contributed by atoms with Gasteiger partial charge in [-0.15, -0.1) is 0 Å². The van der Waals surface area contributed by atoms with Crippen LogP contribution in [0.1, 0.15) is 36.8 Å². The van der Waals surface area contributed by atoms with Gasteiger partial charge in [0.05, 0.1) is 24.6 Å². The van der Waals surface area contributed by atoms with Crippen molar-refractivity contribution >= 4 is 29.3 Å². The number of aldehydes is 2. The zero-order chi connectivity index (χ0) is 19.7. The maximum absolute atomic E-state index is 12.9. The zero-order valence-corrected chi connectivity index (χ0v) is 14.9. The predicted molar refractivity (Wildman–Crippen MR) is 103 cm³/mol. The molecule has 2 heterocycles. The van der Waals surface area contributed by atoms with Crippen LogP contribution in [0.4, 0.5) is 0 Å². The largest absolute Gasteiger partial charge is 0.496 e. The quantitative estimate of drug-likeness (QED) is 0.398. The van der Waals surface area contributed by atoms with Gasteiger partial charge in [-0.3, -0.25) is 14.4 Å². The number of rotatable bonds is 6. The Kier molecular flexibility index (Phi) is 4.33. The molecule has 138 valence electrons. The molecule has 0 bridgehead atoms. The topological polar surface area (TPSA) is 105 Å². The third-order valence-electron chi connectivity index (χ3n) is 4.51. The summed E-state index contributed by atoms with van der Waals surface area (Å²) >= 11 is 0. The number of carbonyl (C=O) groups excluding carboxylic acids is 3. The molecule has 2 aromatic heterocycles. The Morgan fingerprint density at radius 2 is 1.89 bits per heavy atom. The fourth-order valence-corrected chi connectivity index (χ4v) is 3.10. The first-order chi connectivity index (χ1) is 13.6. The van der Waals surface area contributed by atoms with Crippen molar-refractivity contribution in [3.63, 3.8) is 0 Å². The minimum atomic E-state index is -0.367. The highest BCUT2D eigenvalue weighted by atomic mass is 16.5. The van der Waals surface area contributed by atoms with Gasteiger partial charge in [-0.2, -0.15) is 0 Å². The van der Waals surface area contributed by atoms with Crippen molar-refractivity contribution < 1.29 is 19.1 Å². The molecule has 7 heteroatoms. The summed E-state index contributed by atoms with van der Waals surface area (Å²) in [5, 5.41) is 1.03. The molecule has 4 aromatic rings. The second-order valence-corrected chi connectivity index (χ2v) is 6.16. The molecule has 0 aliphatic rings. The number of benzene rings is 2. The molecule has 2 aromatic carbocycles. The van der Waals surface area contributed by atoms with E-state index in [0.717, 1.165) is 16.6 Å². The molecule has 0 aliphatic heterocycles. The highest BCUT2D eigenvalue weighted by Crippen LogP contribution is 2.25. The molecular formula is C21H15N3O4. The van der Waals surface area contributed by atoms with E-state index >= 15 is 0 Å². The lowest BCUT2D eigenvalue weighted by Gasteiger charge is -2.08. The number of nitrogens with zero attached hydrogens (tertiary/aromatic N) is 1. The summed E-state index contributed by atoms with van der Waals surface area (Å²) in [5.74, 6) is 0.318. The molecule has 28 heavy (non-hydrogen) atoms. The maximum atomic E-state index is 12.9. The van der Waals surface area contributed by atoms with Crippen LogP contribution in [0.2, 0.25) is 0 Å². The van der Waals surface area contributed by atoms with E-state index < -0.39 is 0 Å². The van der Waals surface area contributed by atoms with E-state index in [1.807, 2.05) is 30.3 Å². The molecule has 2 N–H and O–H groups in total. The number of hydrogen-bond donors (Lipinski definition) is 2. The first kappa shape index (κ1) is 17.4. The van der Waals surface area contributed by atoms with Crippen LogP contribution in [0, 0.1) is 0 Å². The van der Waals surface area contributed by atoms with Crippen molar-refractivity contribution in [3.8, 4) is 17.3 Å². The summed E-state index contributed by atoms with van der Waals surface area (Å²) in [5.41, 5.74) is 2.39. The first-order valence-corrected chi connectivity index (χ1v) is 8.45. The molecular weight excluding hydrogens is 358 g/mol. The fourth-order valence-electron chi connectivity index (χ4n) is 3.10. The van der Waals surface area contributed by atoms with Crippen LogP contribution in [0.25, 0.3) is 22.4 Å². The number of carbonyl (C=O) groups is 3. The van der Waals surface area contributed by atoms with E-state index in [2.05, 4.69) is 15.0 Å². The predicted octanol–water partition coefficient (Wildman–Crippen LogP) is 3.42. The summed E-state index contributed by atoms with van der Waals surface area (Å²) in [6.07, 6.45) is 2.48. The third kappa shape index (κ3) is 2.88. The van der Waals surface area contributed by atoms with Crippen LogP contribution >= 0.6 is 0 Å². The monoisotopic (exact) mass is 373 g/mol. The molecule has 0 spiro atoms. The minimum Gasteiger partial charge on any atom is -0.496 e. The molecule has 0 fully saturated rings. The molecule has 0 unspecified atom stereocenters. The summed E-state index contributed by atoms with van der Waals surface area (Å²) in [6, 6.07) is 12.5. The van der Waals surface area contributed by atoms with Gasteiger partial charge in [-0.05, 0) is 24.3 Å². The second-order valence-electron chi connectivity index (χ2n) is 6.16. The molecule has 4 rings (SSSR count). The number of methoxy groups -OCH3 is 1. The Morgan fingerprint density at radius 3 is 2.61 bits per heavy atom. The molecule has 0 atom stereocenters. The Bertz CT molecular complexity index is 1190. The van der Waals surface area contributed by atoms with Gasteiger partial charge in [-0.25, -0.2) is 4.98 Å². The van der Waals surface area contributed by atoms with Crippen LogP contribution in [-0.2, 0) is 0 Å². The highest BCUT2D eigenvalue weighted by Gasteiger charge is 2.18. The van der Waals surface area contributed by atoms with Gasteiger partial charge < -0.3 is 14.7 Å². The van der Waals surface area contributed by atoms with Crippen molar-refractivity contribution in [1.29, 1.82) is 0 Å². The lowest BCUT2D eigenvalue weighted by Crippen LogP contribution is -2.06. The first-order valence-electron chi connectivity index (χ1n) is 8.45. The van der Waals surface area contributed by atoms with Crippen LogP contribution in [0.5, 0.6) is 5.75 Å². The number of imidazole rings is 1. The average Bonchev–Trinajstić information content (AvgIpc) is 3.38. The Labute approximate surface area is 159 Å². The van der Waals surface area contributed by atoms with Crippen LogP contribution in [0.15, 0.2) is 48.7 Å². The molecule has 0 saturated heterocycles. The number of fused-ring (bicyclic) bond motifs is 1. The van der Waals surface area contributed by atoms with Gasteiger partial charge in [0, 0.05) is 22.0 Å². The number of aromatic amines is 2. The van der Waals surface area contributed by atoms with Gasteiger partial charge in [-0.1, -0.05) is 18.2 Å². The van der Waals surface area contributed by atoms with E-state index in [1.54, 1.807) is 0 Å². The Hall–Kier alpha value is -4.00. The van der Waals surface area contributed by atoms with Crippen LogP contribution in [-0.4, -0.2) is 40.4 Å². The average molecular weight is 373 g/mol. The number of ether oxygens (including phenoxy) is 1. The standard InChI is InChI=1S/C21H15N3O4/c1-28-19-8-13(6-14(10-25)15(19)11-26)20(27)18-9-22-21(24-18)17-7-12-4-2-3-5-16(12)23-17/h2-11,23H,1H3,(H,22,24). The van der Waals surface area contributed by atoms with Crippen molar-refractivity contribution in [2.24, 2.45) is 0 Å². The minimum absolute atomic E-state index is 0.0908. The highest BCUT2D eigenvalue weighted by molar-refractivity contribution is 6.10. The van der Waals surface area contributed by atoms with Gasteiger partial charge in [0.1, 0.15) is 11.4 Å². The van der Waals surface area contributed by atoms with Crippen molar-refractivity contribution in [2.75, 3.05) is 7.11 Å². The van der Waals surface area contributed by atoms with E-state index in [0.29, 0.717) is 18.4 Å². The van der Waals surface area contributed by atoms with Crippen molar-refractivity contribution in [2.45, 2.75) is 0 Å².